The second-order valence-electron chi connectivity index (χ2n) is 6.31. The number of carbonyl (C=O) groups excluding carboxylic acids is 2. The van der Waals surface area contributed by atoms with Gasteiger partial charge in [0.15, 0.2) is 12.5 Å². The van der Waals surface area contributed by atoms with Crippen LogP contribution in [-0.4, -0.2) is 62.4 Å². The van der Waals surface area contributed by atoms with Gasteiger partial charge < -0.3 is 15.2 Å². The molecule has 0 aliphatic rings. The van der Waals surface area contributed by atoms with Crippen LogP contribution in [0.1, 0.15) is 47.4 Å². The third-order valence-electron chi connectivity index (χ3n) is 3.76. The molecule has 1 aromatic rings. The summed E-state index contributed by atoms with van der Waals surface area (Å²) in [7, 11) is 7.32. The second kappa shape index (κ2) is 9.39. The number of ether oxygens (including phenoxy) is 2. The van der Waals surface area contributed by atoms with E-state index in [1.165, 1.54) is 18.2 Å². The van der Waals surface area contributed by atoms with Crippen molar-refractivity contribution in [3.8, 4) is 0 Å². The standard InChI is InChI=1S/C18H29N3O4/c1-7-15(20(3)4)24-17(22)12-9-13(11-14(19)10-12)18(23)25-16(8-2)21(5)6/h9-11,15-16H,7-8,19H2,1-6H3. The normalized spacial score (nSPS) is 13.6. The number of benzene rings is 1. The summed E-state index contributed by atoms with van der Waals surface area (Å²) in [4.78, 5) is 28.4. The summed E-state index contributed by atoms with van der Waals surface area (Å²) in [6, 6.07) is 4.43. The van der Waals surface area contributed by atoms with Crippen molar-refractivity contribution >= 4 is 17.6 Å². The van der Waals surface area contributed by atoms with E-state index in [0.717, 1.165) is 0 Å². The second-order valence-corrected chi connectivity index (χ2v) is 6.31. The number of hydrogen-bond donors (Lipinski definition) is 1. The van der Waals surface area contributed by atoms with Crippen LogP contribution < -0.4 is 5.73 Å². The first kappa shape index (κ1) is 20.9. The average molecular weight is 351 g/mol. The molecule has 7 heteroatoms. The average Bonchev–Trinajstić information content (AvgIpc) is 2.55. The van der Waals surface area contributed by atoms with Gasteiger partial charge in [0.2, 0.25) is 0 Å². The summed E-state index contributed by atoms with van der Waals surface area (Å²) in [5.74, 6) is -1.05. The summed E-state index contributed by atoms with van der Waals surface area (Å²) in [5, 5.41) is 0. The van der Waals surface area contributed by atoms with Gasteiger partial charge in [-0.15, -0.1) is 0 Å². The first-order valence-electron chi connectivity index (χ1n) is 8.34. The number of nitrogen functional groups attached to an aromatic ring is 1. The molecule has 0 bridgehead atoms. The Labute approximate surface area is 149 Å². The lowest BCUT2D eigenvalue weighted by atomic mass is 10.1. The summed E-state index contributed by atoms with van der Waals surface area (Å²) in [6.45, 7) is 3.85. The molecule has 2 N–H and O–H groups in total. The van der Waals surface area contributed by atoms with Crippen molar-refractivity contribution in [1.82, 2.24) is 9.80 Å². The number of nitrogens with two attached hydrogens (primary N) is 1. The van der Waals surface area contributed by atoms with Crippen molar-refractivity contribution in [3.63, 3.8) is 0 Å². The van der Waals surface area contributed by atoms with E-state index in [2.05, 4.69) is 0 Å². The minimum atomic E-state index is -0.526. The molecule has 0 saturated heterocycles. The number of anilines is 1. The fourth-order valence-electron chi connectivity index (χ4n) is 2.38. The van der Waals surface area contributed by atoms with Gasteiger partial charge in [-0.25, -0.2) is 9.59 Å². The molecular formula is C18H29N3O4. The Morgan fingerprint density at radius 2 is 1.24 bits per heavy atom. The minimum absolute atomic E-state index is 0.227. The van der Waals surface area contributed by atoms with Crippen LogP contribution in [0.25, 0.3) is 0 Å². The van der Waals surface area contributed by atoms with Crippen LogP contribution >= 0.6 is 0 Å². The minimum Gasteiger partial charge on any atom is -0.443 e. The molecule has 7 nitrogen and oxygen atoms in total. The summed E-state index contributed by atoms with van der Waals surface area (Å²) >= 11 is 0. The van der Waals surface area contributed by atoms with Crippen LogP contribution in [0.15, 0.2) is 18.2 Å². The molecule has 2 unspecified atom stereocenters. The van der Waals surface area contributed by atoms with E-state index in [1.807, 2.05) is 51.8 Å². The molecule has 0 amide bonds. The third kappa shape index (κ3) is 6.03. The van der Waals surface area contributed by atoms with Crippen LogP contribution in [0.2, 0.25) is 0 Å². The monoisotopic (exact) mass is 351 g/mol. The van der Waals surface area contributed by atoms with E-state index in [0.29, 0.717) is 18.5 Å². The van der Waals surface area contributed by atoms with Crippen molar-refractivity contribution in [1.29, 1.82) is 0 Å². The van der Waals surface area contributed by atoms with Crippen molar-refractivity contribution in [2.45, 2.75) is 39.1 Å². The predicted octanol–water partition coefficient (Wildman–Crippen LogP) is 2.18. The molecule has 0 saturated carbocycles. The van der Waals surface area contributed by atoms with Crippen LogP contribution in [0, 0.1) is 0 Å². The SMILES string of the molecule is CCC(OC(=O)c1cc(N)cc(C(=O)OC(CC)N(C)C)c1)N(C)C. The van der Waals surface area contributed by atoms with Crippen molar-refractivity contribution in [2.24, 2.45) is 0 Å². The van der Waals surface area contributed by atoms with Gasteiger partial charge in [-0.2, -0.15) is 0 Å². The lowest BCUT2D eigenvalue weighted by Gasteiger charge is -2.23. The number of esters is 2. The maximum Gasteiger partial charge on any atom is 0.339 e. The highest BCUT2D eigenvalue weighted by atomic mass is 16.6. The molecule has 25 heavy (non-hydrogen) atoms. The van der Waals surface area contributed by atoms with Crippen LogP contribution in [0.5, 0.6) is 0 Å². The molecule has 0 spiro atoms. The lowest BCUT2D eigenvalue weighted by Crippen LogP contribution is -2.33. The van der Waals surface area contributed by atoms with Gasteiger partial charge in [-0.3, -0.25) is 9.80 Å². The van der Waals surface area contributed by atoms with Crippen molar-refractivity contribution < 1.29 is 19.1 Å². The number of hydrogen-bond acceptors (Lipinski definition) is 7. The molecule has 0 aliphatic heterocycles. The zero-order valence-electron chi connectivity index (χ0n) is 15.9. The van der Waals surface area contributed by atoms with Gasteiger partial charge in [0.25, 0.3) is 0 Å². The van der Waals surface area contributed by atoms with Gasteiger partial charge in [-0.1, -0.05) is 13.8 Å². The number of rotatable bonds is 8. The first-order chi connectivity index (χ1) is 11.7. The van der Waals surface area contributed by atoms with Crippen LogP contribution in [-0.2, 0) is 9.47 Å². The molecule has 1 rings (SSSR count). The molecule has 0 aliphatic carbocycles. The zero-order chi connectivity index (χ0) is 19.1. The topological polar surface area (TPSA) is 85.1 Å². The Morgan fingerprint density at radius 3 is 1.52 bits per heavy atom. The van der Waals surface area contributed by atoms with E-state index in [4.69, 9.17) is 15.2 Å². The smallest absolute Gasteiger partial charge is 0.339 e. The molecular weight excluding hydrogens is 322 g/mol. The van der Waals surface area contributed by atoms with Crippen molar-refractivity contribution in [2.75, 3.05) is 33.9 Å². The maximum atomic E-state index is 12.4. The molecule has 140 valence electrons. The third-order valence-corrected chi connectivity index (χ3v) is 3.76. The fourth-order valence-corrected chi connectivity index (χ4v) is 2.38. The van der Waals surface area contributed by atoms with Gasteiger partial charge >= 0.3 is 11.9 Å². The highest BCUT2D eigenvalue weighted by molar-refractivity contribution is 5.96. The zero-order valence-corrected chi connectivity index (χ0v) is 15.9. The van der Waals surface area contributed by atoms with Gasteiger partial charge in [0.05, 0.1) is 11.1 Å². The summed E-state index contributed by atoms with van der Waals surface area (Å²) < 4.78 is 10.9. The quantitative estimate of drug-likeness (QED) is 0.436. The highest BCUT2D eigenvalue weighted by Gasteiger charge is 2.21. The molecule has 0 aromatic heterocycles. The molecule has 0 heterocycles. The Hall–Kier alpha value is -2.12. The van der Waals surface area contributed by atoms with Crippen LogP contribution in [0.3, 0.4) is 0 Å². The lowest BCUT2D eigenvalue weighted by molar-refractivity contribution is -0.0158. The molecule has 0 fully saturated rings. The van der Waals surface area contributed by atoms with E-state index < -0.39 is 11.9 Å². The van der Waals surface area contributed by atoms with Crippen LogP contribution in [0.4, 0.5) is 5.69 Å². The fraction of sp³-hybridized carbons (Fsp3) is 0.556. The Morgan fingerprint density at radius 1 is 0.880 bits per heavy atom. The number of nitrogens with zero attached hydrogens (tertiary/aromatic N) is 2. The highest BCUT2D eigenvalue weighted by Crippen LogP contribution is 2.17. The molecule has 1 aromatic carbocycles. The summed E-state index contributed by atoms with van der Waals surface area (Å²) in [5.41, 5.74) is 6.60. The number of carbonyl (C=O) groups is 2. The van der Waals surface area contributed by atoms with Gasteiger partial charge in [0.1, 0.15) is 0 Å². The largest absolute Gasteiger partial charge is 0.443 e. The van der Waals surface area contributed by atoms with E-state index in [9.17, 15) is 9.59 Å². The summed E-state index contributed by atoms with van der Waals surface area (Å²) in [6.07, 6.45) is 0.610. The van der Waals surface area contributed by atoms with Gasteiger partial charge in [-0.05, 0) is 59.2 Å². The van der Waals surface area contributed by atoms with E-state index in [-0.39, 0.29) is 23.6 Å². The van der Waals surface area contributed by atoms with Crippen molar-refractivity contribution in [3.05, 3.63) is 29.3 Å². The van der Waals surface area contributed by atoms with E-state index in [1.54, 1.807) is 0 Å². The Balaban J connectivity index is 2.99. The van der Waals surface area contributed by atoms with E-state index >= 15 is 0 Å². The predicted molar refractivity (Wildman–Crippen MR) is 97.2 cm³/mol. The molecule has 2 atom stereocenters. The maximum absolute atomic E-state index is 12.4. The Bertz CT molecular complexity index is 554. The Kier molecular flexibility index (Phi) is 7.86. The van der Waals surface area contributed by atoms with Gasteiger partial charge in [0, 0.05) is 5.69 Å². The first-order valence-corrected chi connectivity index (χ1v) is 8.34. The molecule has 0 radical (unpaired) electrons.